The summed E-state index contributed by atoms with van der Waals surface area (Å²) in [6.07, 6.45) is 1.82. The fourth-order valence-electron chi connectivity index (χ4n) is 4.18. The Hall–Kier alpha value is -3.14. The van der Waals surface area contributed by atoms with Crippen molar-refractivity contribution < 1.29 is 9.59 Å². The van der Waals surface area contributed by atoms with Crippen molar-refractivity contribution in [2.24, 2.45) is 11.7 Å². The van der Waals surface area contributed by atoms with Gasteiger partial charge < -0.3 is 10.6 Å². The van der Waals surface area contributed by atoms with Crippen LogP contribution in [0.25, 0.3) is 10.8 Å². The minimum absolute atomic E-state index is 0.101. The summed E-state index contributed by atoms with van der Waals surface area (Å²) in [5, 5.41) is 2.15. The highest BCUT2D eigenvalue weighted by atomic mass is 16.2. The Morgan fingerprint density at radius 3 is 2.61 bits per heavy atom. The lowest BCUT2D eigenvalue weighted by atomic mass is 9.97. The first kappa shape index (κ1) is 18.2. The van der Waals surface area contributed by atoms with Crippen LogP contribution >= 0.6 is 0 Å². The number of hydrogen-bond acceptors (Lipinski definition) is 2. The first-order valence-electron chi connectivity index (χ1n) is 9.69. The van der Waals surface area contributed by atoms with Crippen molar-refractivity contribution in [2.75, 3.05) is 13.1 Å². The van der Waals surface area contributed by atoms with Gasteiger partial charge in [0.05, 0.1) is 0 Å². The molecule has 0 aliphatic carbocycles. The molecule has 3 aromatic rings. The maximum absolute atomic E-state index is 13.2. The number of rotatable bonds is 4. The van der Waals surface area contributed by atoms with E-state index in [0.717, 1.165) is 47.8 Å². The van der Waals surface area contributed by atoms with E-state index < -0.39 is 5.91 Å². The SMILES string of the molecule is Cc1ccc(C(=O)N2CC[C@H](Cc3cccc(C(N)=O)c3)C2)c2ccccc12. The van der Waals surface area contributed by atoms with Gasteiger partial charge in [-0.2, -0.15) is 0 Å². The average molecular weight is 372 g/mol. The fourth-order valence-corrected chi connectivity index (χ4v) is 4.18. The molecule has 0 bridgehead atoms. The predicted molar refractivity (Wildman–Crippen MR) is 111 cm³/mol. The summed E-state index contributed by atoms with van der Waals surface area (Å²) in [4.78, 5) is 26.5. The number of primary amides is 1. The number of hydrogen-bond donors (Lipinski definition) is 1. The Labute approximate surface area is 165 Å². The molecule has 1 atom stereocenters. The quantitative estimate of drug-likeness (QED) is 0.754. The predicted octanol–water partition coefficient (Wildman–Crippen LogP) is 3.95. The lowest BCUT2D eigenvalue weighted by Crippen LogP contribution is -2.29. The van der Waals surface area contributed by atoms with Crippen LogP contribution in [0.2, 0.25) is 0 Å². The summed E-state index contributed by atoms with van der Waals surface area (Å²) in [6.45, 7) is 3.58. The highest BCUT2D eigenvalue weighted by Gasteiger charge is 2.28. The summed E-state index contributed by atoms with van der Waals surface area (Å²) in [6, 6.07) is 19.5. The normalized spacial score (nSPS) is 16.5. The van der Waals surface area contributed by atoms with Gasteiger partial charge in [0.15, 0.2) is 0 Å². The van der Waals surface area contributed by atoms with Gasteiger partial charge in [0.25, 0.3) is 5.91 Å². The van der Waals surface area contributed by atoms with Gasteiger partial charge in [-0.3, -0.25) is 9.59 Å². The van der Waals surface area contributed by atoms with E-state index in [1.807, 2.05) is 53.4 Å². The van der Waals surface area contributed by atoms with Gasteiger partial charge in [-0.25, -0.2) is 0 Å². The zero-order valence-corrected chi connectivity index (χ0v) is 16.0. The van der Waals surface area contributed by atoms with Crippen molar-refractivity contribution in [1.29, 1.82) is 0 Å². The monoisotopic (exact) mass is 372 g/mol. The molecule has 2 N–H and O–H groups in total. The second-order valence-corrected chi connectivity index (χ2v) is 7.65. The minimum atomic E-state index is -0.406. The van der Waals surface area contributed by atoms with Crippen LogP contribution in [0.15, 0.2) is 60.7 Å². The topological polar surface area (TPSA) is 63.4 Å². The smallest absolute Gasteiger partial charge is 0.254 e. The molecular weight excluding hydrogens is 348 g/mol. The Morgan fingerprint density at radius 2 is 1.82 bits per heavy atom. The molecule has 4 heteroatoms. The van der Waals surface area contributed by atoms with Crippen molar-refractivity contribution >= 4 is 22.6 Å². The highest BCUT2D eigenvalue weighted by molar-refractivity contribution is 6.07. The van der Waals surface area contributed by atoms with E-state index >= 15 is 0 Å². The van der Waals surface area contributed by atoms with Crippen molar-refractivity contribution in [2.45, 2.75) is 19.8 Å². The third kappa shape index (κ3) is 3.50. The molecule has 1 saturated heterocycles. The largest absolute Gasteiger partial charge is 0.366 e. The molecule has 1 heterocycles. The van der Waals surface area contributed by atoms with E-state index in [4.69, 9.17) is 5.73 Å². The number of carbonyl (C=O) groups excluding carboxylic acids is 2. The molecule has 4 rings (SSSR count). The molecule has 0 unspecified atom stereocenters. The molecule has 0 aromatic heterocycles. The van der Waals surface area contributed by atoms with Gasteiger partial charge in [0, 0.05) is 24.2 Å². The van der Waals surface area contributed by atoms with Gasteiger partial charge in [-0.15, -0.1) is 0 Å². The standard InChI is InChI=1S/C24H24N2O2/c1-16-9-10-22(21-8-3-2-7-20(16)21)24(28)26-12-11-18(15-26)13-17-5-4-6-19(14-17)23(25)27/h2-10,14,18H,11-13,15H2,1H3,(H2,25,27)/t18-/m1/s1. The zero-order chi connectivity index (χ0) is 19.7. The Kier molecular flexibility index (Phi) is 4.86. The third-order valence-electron chi connectivity index (χ3n) is 5.68. The van der Waals surface area contributed by atoms with Crippen LogP contribution in [0.5, 0.6) is 0 Å². The van der Waals surface area contributed by atoms with Crippen LogP contribution in [0.1, 0.15) is 38.3 Å². The van der Waals surface area contributed by atoms with Crippen LogP contribution in [-0.4, -0.2) is 29.8 Å². The first-order valence-corrected chi connectivity index (χ1v) is 9.69. The Bertz CT molecular complexity index is 1060. The van der Waals surface area contributed by atoms with E-state index in [0.29, 0.717) is 11.5 Å². The molecule has 0 spiro atoms. The number of nitrogens with two attached hydrogens (primary N) is 1. The average Bonchev–Trinajstić information content (AvgIpc) is 3.17. The maximum atomic E-state index is 13.2. The summed E-state index contributed by atoms with van der Waals surface area (Å²) < 4.78 is 0. The molecule has 1 fully saturated rings. The number of nitrogens with zero attached hydrogens (tertiary/aromatic N) is 1. The molecule has 0 saturated carbocycles. The molecule has 3 aromatic carbocycles. The Morgan fingerprint density at radius 1 is 1.04 bits per heavy atom. The third-order valence-corrected chi connectivity index (χ3v) is 5.68. The molecule has 28 heavy (non-hydrogen) atoms. The van der Waals surface area contributed by atoms with E-state index in [2.05, 4.69) is 13.0 Å². The number of likely N-dealkylation sites (tertiary alicyclic amines) is 1. The first-order chi connectivity index (χ1) is 13.5. The molecule has 4 nitrogen and oxygen atoms in total. The maximum Gasteiger partial charge on any atom is 0.254 e. The van der Waals surface area contributed by atoms with Crippen LogP contribution in [0, 0.1) is 12.8 Å². The lowest BCUT2D eigenvalue weighted by Gasteiger charge is -2.18. The van der Waals surface area contributed by atoms with Crippen molar-refractivity contribution in [1.82, 2.24) is 4.90 Å². The summed E-state index contributed by atoms with van der Waals surface area (Å²) in [7, 11) is 0. The summed E-state index contributed by atoms with van der Waals surface area (Å²) >= 11 is 0. The van der Waals surface area contributed by atoms with Gasteiger partial charge in [-0.05, 0) is 65.8 Å². The van der Waals surface area contributed by atoms with E-state index in [9.17, 15) is 9.59 Å². The molecule has 142 valence electrons. The molecule has 2 amide bonds. The molecular formula is C24H24N2O2. The number of benzene rings is 3. The summed E-state index contributed by atoms with van der Waals surface area (Å²) in [5.74, 6) is 0.0877. The highest BCUT2D eigenvalue weighted by Crippen LogP contribution is 2.27. The van der Waals surface area contributed by atoms with Gasteiger partial charge in [-0.1, -0.05) is 42.5 Å². The van der Waals surface area contributed by atoms with Gasteiger partial charge in [0.1, 0.15) is 0 Å². The van der Waals surface area contributed by atoms with Crippen LogP contribution in [0.4, 0.5) is 0 Å². The zero-order valence-electron chi connectivity index (χ0n) is 16.0. The van der Waals surface area contributed by atoms with Crippen molar-refractivity contribution in [3.63, 3.8) is 0 Å². The second kappa shape index (κ2) is 7.47. The molecule has 1 aliphatic heterocycles. The fraction of sp³-hybridized carbons (Fsp3) is 0.250. The number of carbonyl (C=O) groups is 2. The number of amides is 2. The van der Waals surface area contributed by atoms with E-state index in [1.165, 1.54) is 5.56 Å². The minimum Gasteiger partial charge on any atom is -0.366 e. The summed E-state index contributed by atoms with van der Waals surface area (Å²) in [5.41, 5.74) is 8.97. The van der Waals surface area contributed by atoms with E-state index in [1.54, 1.807) is 6.07 Å². The molecule has 1 aliphatic rings. The molecule has 0 radical (unpaired) electrons. The van der Waals surface area contributed by atoms with Gasteiger partial charge in [0.2, 0.25) is 5.91 Å². The van der Waals surface area contributed by atoms with Gasteiger partial charge >= 0.3 is 0 Å². The number of aryl methyl sites for hydroxylation is 1. The number of fused-ring (bicyclic) bond motifs is 1. The van der Waals surface area contributed by atoms with Crippen LogP contribution in [-0.2, 0) is 6.42 Å². The van der Waals surface area contributed by atoms with Crippen molar-refractivity contribution in [3.8, 4) is 0 Å². The second-order valence-electron chi connectivity index (χ2n) is 7.65. The van der Waals surface area contributed by atoms with Crippen LogP contribution < -0.4 is 5.73 Å². The lowest BCUT2D eigenvalue weighted by molar-refractivity contribution is 0.0789. The van der Waals surface area contributed by atoms with Crippen molar-refractivity contribution in [3.05, 3.63) is 82.9 Å². The Balaban J connectivity index is 1.50. The van der Waals surface area contributed by atoms with E-state index in [-0.39, 0.29) is 5.91 Å². The van der Waals surface area contributed by atoms with Crippen LogP contribution in [0.3, 0.4) is 0 Å².